The van der Waals surface area contributed by atoms with Gasteiger partial charge in [-0.25, -0.2) is 9.66 Å². The van der Waals surface area contributed by atoms with Crippen molar-refractivity contribution in [2.45, 2.75) is 10.9 Å². The summed E-state index contributed by atoms with van der Waals surface area (Å²) in [5.41, 5.74) is 2.40. The molecule has 0 saturated carbocycles. The van der Waals surface area contributed by atoms with Gasteiger partial charge in [-0.15, -0.1) is 10.2 Å². The lowest BCUT2D eigenvalue weighted by molar-refractivity contribution is 0.573. The highest BCUT2D eigenvalue weighted by Gasteiger charge is 2.16. The van der Waals surface area contributed by atoms with Crippen LogP contribution in [0.15, 0.2) is 68.8 Å². The molecule has 0 bridgehead atoms. The Balaban J connectivity index is 1.51. The lowest BCUT2D eigenvalue weighted by Gasteiger charge is -2.04. The van der Waals surface area contributed by atoms with Crippen molar-refractivity contribution in [2.24, 2.45) is 0 Å². The Morgan fingerprint density at radius 1 is 1.07 bits per heavy atom. The van der Waals surface area contributed by atoms with Gasteiger partial charge in [0.05, 0.1) is 16.3 Å². The quantitative estimate of drug-likeness (QED) is 0.331. The summed E-state index contributed by atoms with van der Waals surface area (Å²) < 4.78 is 7.93. The number of nitrogen functional groups attached to an aromatic ring is 1. The molecule has 2 aromatic carbocycles. The topological polar surface area (TPSA) is 82.8 Å². The summed E-state index contributed by atoms with van der Waals surface area (Å²) in [5.74, 6) is 7.78. The van der Waals surface area contributed by atoms with Crippen molar-refractivity contribution in [3.8, 4) is 22.8 Å². The predicted molar refractivity (Wildman–Crippen MR) is 110 cm³/mol. The summed E-state index contributed by atoms with van der Waals surface area (Å²) >= 11 is 11.1. The number of rotatable bonds is 5. The van der Waals surface area contributed by atoms with Crippen LogP contribution in [0.4, 0.5) is 0 Å². The minimum absolute atomic E-state index is 0.485. The summed E-state index contributed by atoms with van der Waals surface area (Å²) in [6.45, 7) is 0. The van der Waals surface area contributed by atoms with Crippen LogP contribution in [0.5, 0.6) is 0 Å². The molecule has 0 aliphatic rings. The summed E-state index contributed by atoms with van der Waals surface area (Å²) in [6.07, 6.45) is 1.61. The Morgan fingerprint density at radius 2 is 1.81 bits per heavy atom. The fourth-order valence-electron chi connectivity index (χ4n) is 2.47. The van der Waals surface area contributed by atoms with Crippen molar-refractivity contribution in [1.29, 1.82) is 0 Å². The molecule has 2 N–H and O–H groups in total. The molecule has 0 fully saturated rings. The van der Waals surface area contributed by atoms with Gasteiger partial charge in [0.25, 0.3) is 0 Å². The number of nitrogens with zero attached hydrogens (tertiary/aromatic N) is 4. The van der Waals surface area contributed by atoms with E-state index in [1.165, 1.54) is 16.4 Å². The number of aromatic nitrogens is 4. The van der Waals surface area contributed by atoms with E-state index in [1.807, 2.05) is 42.5 Å². The zero-order valence-corrected chi connectivity index (χ0v) is 17.0. The first kappa shape index (κ1) is 18.1. The van der Waals surface area contributed by atoms with Gasteiger partial charge >= 0.3 is 0 Å². The summed E-state index contributed by atoms with van der Waals surface area (Å²) in [5, 5.41) is 9.56. The van der Waals surface area contributed by atoms with Crippen LogP contribution in [0.1, 0.15) is 5.69 Å². The van der Waals surface area contributed by atoms with Crippen molar-refractivity contribution < 1.29 is 4.42 Å². The maximum atomic E-state index is 6.19. The van der Waals surface area contributed by atoms with Crippen LogP contribution in [0.25, 0.3) is 22.8 Å². The van der Waals surface area contributed by atoms with E-state index in [9.17, 15) is 0 Å². The van der Waals surface area contributed by atoms with Crippen LogP contribution < -0.4 is 5.84 Å². The van der Waals surface area contributed by atoms with Crippen molar-refractivity contribution in [3.63, 3.8) is 0 Å². The molecule has 0 amide bonds. The Kier molecular flexibility index (Phi) is 5.20. The van der Waals surface area contributed by atoms with E-state index in [1.54, 1.807) is 12.3 Å². The van der Waals surface area contributed by atoms with Gasteiger partial charge in [-0.05, 0) is 24.3 Å². The molecule has 2 aromatic heterocycles. The average molecular weight is 463 g/mol. The second-order valence-electron chi connectivity index (χ2n) is 5.57. The first-order valence-electron chi connectivity index (χ1n) is 7.91. The van der Waals surface area contributed by atoms with E-state index >= 15 is 0 Å². The van der Waals surface area contributed by atoms with Gasteiger partial charge in [0.1, 0.15) is 6.26 Å². The van der Waals surface area contributed by atoms with Crippen LogP contribution in [-0.4, -0.2) is 19.9 Å². The molecule has 0 aliphatic heterocycles. The highest BCUT2D eigenvalue weighted by atomic mass is 79.9. The van der Waals surface area contributed by atoms with Gasteiger partial charge in [0, 0.05) is 15.8 Å². The number of halogens is 2. The number of hydrogen-bond acceptors (Lipinski definition) is 6. The van der Waals surface area contributed by atoms with E-state index in [2.05, 4.69) is 31.1 Å². The monoisotopic (exact) mass is 461 g/mol. The third-order valence-corrected chi connectivity index (χ3v) is 5.78. The van der Waals surface area contributed by atoms with E-state index in [-0.39, 0.29) is 0 Å². The lowest BCUT2D eigenvalue weighted by atomic mass is 10.2. The van der Waals surface area contributed by atoms with Gasteiger partial charge in [0.2, 0.25) is 11.0 Å². The summed E-state index contributed by atoms with van der Waals surface area (Å²) in [6, 6.07) is 15.1. The highest BCUT2D eigenvalue weighted by Crippen LogP contribution is 2.30. The molecule has 0 aliphatic carbocycles. The minimum Gasteiger partial charge on any atom is -0.444 e. The van der Waals surface area contributed by atoms with Crippen LogP contribution in [0, 0.1) is 0 Å². The minimum atomic E-state index is 0.485. The standard InChI is InChI=1S/C18H13BrClN5OS/c19-14-7-3-1-5-12(14)16-23-24-18(25(16)21)27-10-11-9-26-17(22-11)13-6-2-4-8-15(13)20/h1-9H,10,21H2. The number of thioether (sulfide) groups is 1. The molecular formula is C18H13BrClN5OS. The Hall–Kier alpha value is -2.29. The van der Waals surface area contributed by atoms with Crippen molar-refractivity contribution in [3.05, 3.63) is 70.0 Å². The SMILES string of the molecule is Nn1c(SCc2coc(-c3ccccc3Cl)n2)nnc1-c1ccccc1Br. The van der Waals surface area contributed by atoms with E-state index in [0.717, 1.165) is 21.3 Å². The number of nitrogens with two attached hydrogens (primary N) is 1. The molecule has 0 unspecified atom stereocenters. The van der Waals surface area contributed by atoms with Crippen molar-refractivity contribution >= 4 is 39.3 Å². The fourth-order valence-corrected chi connectivity index (χ4v) is 3.88. The van der Waals surface area contributed by atoms with Crippen LogP contribution in [0.2, 0.25) is 5.02 Å². The van der Waals surface area contributed by atoms with Gasteiger partial charge < -0.3 is 10.3 Å². The van der Waals surface area contributed by atoms with Crippen molar-refractivity contribution in [1.82, 2.24) is 19.9 Å². The first-order valence-corrected chi connectivity index (χ1v) is 10.1. The van der Waals surface area contributed by atoms with Crippen LogP contribution in [-0.2, 0) is 5.75 Å². The molecule has 136 valence electrons. The molecule has 4 rings (SSSR count). The normalized spacial score (nSPS) is 11.0. The van der Waals surface area contributed by atoms with Gasteiger partial charge in [-0.2, -0.15) is 0 Å². The van der Waals surface area contributed by atoms with Crippen LogP contribution in [0.3, 0.4) is 0 Å². The summed E-state index contributed by atoms with van der Waals surface area (Å²) in [7, 11) is 0. The van der Waals surface area contributed by atoms with E-state index < -0.39 is 0 Å². The van der Waals surface area contributed by atoms with Gasteiger partial charge in [-0.3, -0.25) is 0 Å². The van der Waals surface area contributed by atoms with Gasteiger partial charge in [0.15, 0.2) is 5.82 Å². The molecule has 27 heavy (non-hydrogen) atoms. The Bertz CT molecular complexity index is 1100. The first-order chi connectivity index (χ1) is 13.1. The largest absolute Gasteiger partial charge is 0.444 e. The molecule has 0 saturated heterocycles. The zero-order chi connectivity index (χ0) is 18.8. The molecule has 6 nitrogen and oxygen atoms in total. The molecule has 0 atom stereocenters. The van der Waals surface area contributed by atoms with Crippen LogP contribution >= 0.6 is 39.3 Å². The molecule has 9 heteroatoms. The fraction of sp³-hybridized carbons (Fsp3) is 0.0556. The summed E-state index contributed by atoms with van der Waals surface area (Å²) in [4.78, 5) is 4.49. The zero-order valence-electron chi connectivity index (χ0n) is 13.8. The number of benzene rings is 2. The Labute approximate surface area is 172 Å². The molecule has 0 spiro atoms. The predicted octanol–water partition coefficient (Wildman–Crippen LogP) is 5.02. The maximum absolute atomic E-state index is 6.19. The van der Waals surface area contributed by atoms with E-state index in [4.69, 9.17) is 21.9 Å². The molecule has 2 heterocycles. The number of hydrogen-bond donors (Lipinski definition) is 1. The smallest absolute Gasteiger partial charge is 0.227 e. The Morgan fingerprint density at radius 3 is 2.59 bits per heavy atom. The third kappa shape index (κ3) is 3.73. The molecular weight excluding hydrogens is 450 g/mol. The number of oxazole rings is 1. The average Bonchev–Trinajstić information content (AvgIpc) is 3.28. The van der Waals surface area contributed by atoms with Crippen molar-refractivity contribution in [2.75, 3.05) is 5.84 Å². The third-order valence-electron chi connectivity index (χ3n) is 3.78. The molecule has 0 radical (unpaired) electrons. The molecule has 4 aromatic rings. The highest BCUT2D eigenvalue weighted by molar-refractivity contribution is 9.10. The van der Waals surface area contributed by atoms with E-state index in [0.29, 0.717) is 27.6 Å². The second-order valence-corrected chi connectivity index (χ2v) is 7.77. The second kappa shape index (κ2) is 7.75. The maximum Gasteiger partial charge on any atom is 0.227 e. The van der Waals surface area contributed by atoms with Gasteiger partial charge in [-0.1, -0.05) is 63.6 Å². The lowest BCUT2D eigenvalue weighted by Crippen LogP contribution is -2.11.